The number of piperidine rings is 1. The lowest BCUT2D eigenvalue weighted by Crippen LogP contribution is -2.49. The van der Waals surface area contributed by atoms with E-state index in [2.05, 4.69) is 20.8 Å². The molecule has 7 nitrogen and oxygen atoms in total. The Morgan fingerprint density at radius 1 is 1.25 bits per heavy atom. The Hall–Kier alpha value is -1.54. The molecule has 0 aliphatic carbocycles. The molecule has 0 aromatic carbocycles. The van der Waals surface area contributed by atoms with Crippen molar-refractivity contribution in [3.63, 3.8) is 0 Å². The number of carbonyl (C=O) groups is 2. The first-order valence-electron chi connectivity index (χ1n) is 8.69. The quantitative estimate of drug-likeness (QED) is 0.799. The summed E-state index contributed by atoms with van der Waals surface area (Å²) in [4.78, 5) is 26.8. The van der Waals surface area contributed by atoms with E-state index in [0.29, 0.717) is 32.5 Å². The van der Waals surface area contributed by atoms with Crippen LogP contribution in [-0.2, 0) is 16.0 Å². The smallest absolute Gasteiger partial charge is 0.226 e. The Kier molecular flexibility index (Phi) is 5.78. The standard InChI is InChI=1S/C16H25N5O2S/c1-11-19-20-14(24-11)4-5-18-15(22)12-8-13(10-17-9-12)16(23)21-6-2-3-7-21/h12-13,17H,2-10H2,1H3,(H,18,22)/t12-,13+/m0/s1. The first-order chi connectivity index (χ1) is 11.6. The molecular formula is C16H25N5O2S. The molecule has 3 rings (SSSR count). The van der Waals surface area contributed by atoms with Gasteiger partial charge in [0.1, 0.15) is 10.0 Å². The highest BCUT2D eigenvalue weighted by atomic mass is 32.1. The van der Waals surface area contributed by atoms with Crippen LogP contribution in [0.5, 0.6) is 0 Å². The Balaban J connectivity index is 1.45. The molecule has 2 aliphatic rings. The van der Waals surface area contributed by atoms with Gasteiger partial charge in [-0.25, -0.2) is 0 Å². The molecule has 1 aromatic heterocycles. The fraction of sp³-hybridized carbons (Fsp3) is 0.750. The molecule has 2 saturated heterocycles. The van der Waals surface area contributed by atoms with Gasteiger partial charge in [-0.3, -0.25) is 9.59 Å². The molecule has 0 unspecified atom stereocenters. The van der Waals surface area contributed by atoms with Gasteiger partial charge in [0.05, 0.1) is 11.8 Å². The molecule has 2 N–H and O–H groups in total. The van der Waals surface area contributed by atoms with Crippen LogP contribution in [0.15, 0.2) is 0 Å². The Morgan fingerprint density at radius 3 is 2.71 bits per heavy atom. The topological polar surface area (TPSA) is 87.2 Å². The molecule has 2 amide bonds. The van der Waals surface area contributed by atoms with Gasteiger partial charge >= 0.3 is 0 Å². The Bertz CT molecular complexity index is 585. The molecule has 0 saturated carbocycles. The fourth-order valence-corrected chi connectivity index (χ4v) is 4.11. The number of nitrogens with zero attached hydrogens (tertiary/aromatic N) is 3. The zero-order valence-electron chi connectivity index (χ0n) is 14.1. The lowest BCUT2D eigenvalue weighted by Gasteiger charge is -2.31. The number of hydrogen-bond donors (Lipinski definition) is 2. The molecule has 3 heterocycles. The number of aryl methyl sites for hydroxylation is 1. The van der Waals surface area contributed by atoms with Gasteiger partial charge < -0.3 is 15.5 Å². The normalized spacial score (nSPS) is 24.1. The maximum atomic E-state index is 12.5. The zero-order valence-corrected chi connectivity index (χ0v) is 14.9. The van der Waals surface area contributed by atoms with Crippen molar-refractivity contribution in [2.24, 2.45) is 11.8 Å². The fourth-order valence-electron chi connectivity index (χ4n) is 3.40. The van der Waals surface area contributed by atoms with Gasteiger partial charge in [-0.2, -0.15) is 0 Å². The van der Waals surface area contributed by atoms with E-state index < -0.39 is 0 Å². The van der Waals surface area contributed by atoms with Crippen molar-refractivity contribution >= 4 is 23.2 Å². The molecule has 2 atom stereocenters. The van der Waals surface area contributed by atoms with E-state index in [1.54, 1.807) is 11.3 Å². The summed E-state index contributed by atoms with van der Waals surface area (Å²) < 4.78 is 0. The van der Waals surface area contributed by atoms with Gasteiger partial charge in [0.2, 0.25) is 11.8 Å². The number of amides is 2. The van der Waals surface area contributed by atoms with Crippen LogP contribution in [0.25, 0.3) is 0 Å². The van der Waals surface area contributed by atoms with E-state index in [-0.39, 0.29) is 23.7 Å². The van der Waals surface area contributed by atoms with Crippen LogP contribution in [0.3, 0.4) is 0 Å². The third kappa shape index (κ3) is 4.30. The third-order valence-electron chi connectivity index (χ3n) is 4.69. The summed E-state index contributed by atoms with van der Waals surface area (Å²) in [5, 5.41) is 16.1. The molecule has 0 bridgehead atoms. The lowest BCUT2D eigenvalue weighted by molar-refractivity contribution is -0.136. The summed E-state index contributed by atoms with van der Waals surface area (Å²) in [5.41, 5.74) is 0. The second-order valence-electron chi connectivity index (χ2n) is 6.58. The molecule has 1 aromatic rings. The molecule has 0 spiro atoms. The minimum atomic E-state index is -0.133. The molecule has 24 heavy (non-hydrogen) atoms. The summed E-state index contributed by atoms with van der Waals surface area (Å²) >= 11 is 1.56. The number of rotatable bonds is 5. The van der Waals surface area contributed by atoms with Crippen LogP contribution in [0.2, 0.25) is 0 Å². The molecule has 2 fully saturated rings. The minimum Gasteiger partial charge on any atom is -0.355 e. The highest BCUT2D eigenvalue weighted by molar-refractivity contribution is 7.11. The first kappa shape index (κ1) is 17.3. The minimum absolute atomic E-state index is 0.0302. The highest BCUT2D eigenvalue weighted by Crippen LogP contribution is 2.21. The van der Waals surface area contributed by atoms with Gasteiger partial charge in [-0.1, -0.05) is 0 Å². The lowest BCUT2D eigenvalue weighted by atomic mass is 9.89. The van der Waals surface area contributed by atoms with Gasteiger partial charge in [0.15, 0.2) is 0 Å². The second-order valence-corrected chi connectivity index (χ2v) is 7.84. The number of aromatic nitrogens is 2. The van der Waals surface area contributed by atoms with Crippen LogP contribution >= 0.6 is 11.3 Å². The Morgan fingerprint density at radius 2 is 2.00 bits per heavy atom. The third-order valence-corrected chi connectivity index (χ3v) is 5.59. The average Bonchev–Trinajstić information content (AvgIpc) is 3.26. The summed E-state index contributed by atoms with van der Waals surface area (Å²) in [6.07, 6.45) is 3.54. The van der Waals surface area contributed by atoms with Crippen molar-refractivity contribution in [2.75, 3.05) is 32.7 Å². The number of likely N-dealkylation sites (tertiary alicyclic amines) is 1. The van der Waals surface area contributed by atoms with Crippen molar-refractivity contribution in [1.82, 2.24) is 25.7 Å². The van der Waals surface area contributed by atoms with Gasteiger partial charge in [-0.05, 0) is 26.2 Å². The van der Waals surface area contributed by atoms with Gasteiger partial charge in [0.25, 0.3) is 0 Å². The van der Waals surface area contributed by atoms with Crippen molar-refractivity contribution < 1.29 is 9.59 Å². The highest BCUT2D eigenvalue weighted by Gasteiger charge is 2.33. The summed E-state index contributed by atoms with van der Waals surface area (Å²) in [5.74, 6) is 0.0364. The van der Waals surface area contributed by atoms with Crippen LogP contribution in [-0.4, -0.2) is 59.6 Å². The van der Waals surface area contributed by atoms with Crippen LogP contribution in [0.4, 0.5) is 0 Å². The van der Waals surface area contributed by atoms with E-state index in [4.69, 9.17) is 0 Å². The summed E-state index contributed by atoms with van der Waals surface area (Å²) in [7, 11) is 0. The predicted molar refractivity (Wildman–Crippen MR) is 91.6 cm³/mol. The molecule has 8 heteroatoms. The van der Waals surface area contributed by atoms with E-state index >= 15 is 0 Å². The molecule has 2 aliphatic heterocycles. The van der Waals surface area contributed by atoms with Crippen molar-refractivity contribution in [3.05, 3.63) is 10.0 Å². The molecular weight excluding hydrogens is 326 g/mol. The van der Waals surface area contributed by atoms with Crippen LogP contribution < -0.4 is 10.6 Å². The van der Waals surface area contributed by atoms with Crippen LogP contribution in [0, 0.1) is 18.8 Å². The SMILES string of the molecule is Cc1nnc(CCNC(=O)[C@@H]2CNC[C@H](C(=O)N3CCCC3)C2)s1. The predicted octanol–water partition coefficient (Wildman–Crippen LogP) is 0.353. The maximum Gasteiger partial charge on any atom is 0.226 e. The van der Waals surface area contributed by atoms with Gasteiger partial charge in [-0.15, -0.1) is 21.5 Å². The number of hydrogen-bond acceptors (Lipinski definition) is 6. The largest absolute Gasteiger partial charge is 0.355 e. The van der Waals surface area contributed by atoms with Crippen molar-refractivity contribution in [1.29, 1.82) is 0 Å². The molecule has 0 radical (unpaired) electrons. The molecule has 132 valence electrons. The van der Waals surface area contributed by atoms with E-state index in [1.165, 1.54) is 0 Å². The van der Waals surface area contributed by atoms with E-state index in [1.807, 2.05) is 11.8 Å². The van der Waals surface area contributed by atoms with E-state index in [0.717, 1.165) is 35.9 Å². The Labute approximate surface area is 146 Å². The van der Waals surface area contributed by atoms with E-state index in [9.17, 15) is 9.59 Å². The van der Waals surface area contributed by atoms with Crippen molar-refractivity contribution in [2.45, 2.75) is 32.6 Å². The van der Waals surface area contributed by atoms with Crippen LogP contribution in [0.1, 0.15) is 29.3 Å². The van der Waals surface area contributed by atoms with Gasteiger partial charge in [0, 0.05) is 39.1 Å². The van der Waals surface area contributed by atoms with Crippen molar-refractivity contribution in [3.8, 4) is 0 Å². The number of carbonyl (C=O) groups excluding carboxylic acids is 2. The zero-order chi connectivity index (χ0) is 16.9. The average molecular weight is 351 g/mol. The summed E-state index contributed by atoms with van der Waals surface area (Å²) in [6, 6.07) is 0. The second kappa shape index (κ2) is 8.02. The monoisotopic (exact) mass is 351 g/mol. The maximum absolute atomic E-state index is 12.5. The first-order valence-corrected chi connectivity index (χ1v) is 9.51. The summed E-state index contributed by atoms with van der Waals surface area (Å²) in [6.45, 7) is 5.55. The number of nitrogens with one attached hydrogen (secondary N) is 2.